The van der Waals surface area contributed by atoms with Crippen LogP contribution in [0.3, 0.4) is 0 Å². The van der Waals surface area contributed by atoms with Gasteiger partial charge in [-0.05, 0) is 49.9 Å². The number of aryl methyl sites for hydroxylation is 1. The molecule has 2 N–H and O–H groups in total. The Morgan fingerprint density at radius 1 is 1.17 bits per heavy atom. The summed E-state index contributed by atoms with van der Waals surface area (Å²) in [5.41, 5.74) is 2.04. The lowest BCUT2D eigenvalue weighted by Gasteiger charge is -2.28. The van der Waals surface area contributed by atoms with Gasteiger partial charge in [-0.2, -0.15) is 0 Å². The number of thiophene rings is 1. The maximum Gasteiger partial charge on any atom is 0.332 e. The highest BCUT2D eigenvalue weighted by atomic mass is 35.5. The molecule has 1 fully saturated rings. The minimum atomic E-state index is -0.520. The van der Waals surface area contributed by atoms with Crippen LogP contribution in [0.1, 0.15) is 34.5 Å². The molecule has 0 aliphatic carbocycles. The molecule has 4 heterocycles. The number of carbonyl (C=O) groups excluding carboxylic acids is 2. The van der Waals surface area contributed by atoms with E-state index < -0.39 is 11.9 Å². The summed E-state index contributed by atoms with van der Waals surface area (Å²) in [6, 6.07) is 8.04. The number of benzene rings is 2. The lowest BCUT2D eigenvalue weighted by molar-refractivity contribution is -0.0114. The second kappa shape index (κ2) is 11.6. The average molecular weight is 610 g/mol. The highest BCUT2D eigenvalue weighted by Crippen LogP contribution is 2.47. The van der Waals surface area contributed by atoms with E-state index >= 15 is 0 Å². The van der Waals surface area contributed by atoms with Gasteiger partial charge in [0.2, 0.25) is 0 Å². The SMILES string of the molecule is COc1cc(N2C(=O)Nc3c(C(=O)Nc4ccc(OCC5CCCCO5)c(OC)c4)sc4ncnc2c34)c(Cl)cc1C. The molecule has 11 nitrogen and oxygen atoms in total. The van der Waals surface area contributed by atoms with E-state index in [4.69, 9.17) is 30.5 Å². The molecule has 13 heteroatoms. The van der Waals surface area contributed by atoms with E-state index in [1.54, 1.807) is 44.6 Å². The first-order valence-electron chi connectivity index (χ1n) is 13.3. The molecule has 42 heavy (non-hydrogen) atoms. The van der Waals surface area contributed by atoms with Gasteiger partial charge in [0.25, 0.3) is 5.91 Å². The first kappa shape index (κ1) is 28.0. The first-order chi connectivity index (χ1) is 20.4. The van der Waals surface area contributed by atoms with Crippen LogP contribution < -0.4 is 29.7 Å². The van der Waals surface area contributed by atoms with Crippen LogP contribution in [0.15, 0.2) is 36.7 Å². The summed E-state index contributed by atoms with van der Waals surface area (Å²) in [6.07, 6.45) is 4.56. The Balaban J connectivity index is 1.28. The third kappa shape index (κ3) is 5.17. The number of urea groups is 1. The number of rotatable bonds is 8. The Kier molecular flexibility index (Phi) is 7.76. The summed E-state index contributed by atoms with van der Waals surface area (Å²) in [5.74, 6) is 1.49. The van der Waals surface area contributed by atoms with E-state index in [2.05, 4.69) is 20.6 Å². The maximum absolute atomic E-state index is 13.5. The van der Waals surface area contributed by atoms with E-state index in [0.29, 0.717) is 62.0 Å². The average Bonchev–Trinajstić information content (AvgIpc) is 3.37. The molecule has 6 rings (SSSR count). The third-order valence-electron chi connectivity index (χ3n) is 7.15. The number of hydrogen-bond donors (Lipinski definition) is 2. The van der Waals surface area contributed by atoms with Gasteiger partial charge in [0.05, 0.1) is 42.1 Å². The van der Waals surface area contributed by atoms with Crippen LogP contribution in [0.2, 0.25) is 5.02 Å². The number of nitrogens with zero attached hydrogens (tertiary/aromatic N) is 3. The minimum Gasteiger partial charge on any atom is -0.496 e. The number of ether oxygens (including phenoxy) is 4. The van der Waals surface area contributed by atoms with Gasteiger partial charge in [0.15, 0.2) is 17.3 Å². The zero-order valence-corrected chi connectivity index (χ0v) is 24.7. The van der Waals surface area contributed by atoms with Crippen molar-refractivity contribution in [2.45, 2.75) is 32.3 Å². The molecule has 218 valence electrons. The molecule has 1 unspecified atom stereocenters. The largest absolute Gasteiger partial charge is 0.496 e. The molecule has 2 aliphatic rings. The summed E-state index contributed by atoms with van der Waals surface area (Å²) in [6.45, 7) is 3.03. The molecule has 2 aromatic carbocycles. The Morgan fingerprint density at radius 2 is 2.00 bits per heavy atom. The smallest absolute Gasteiger partial charge is 0.332 e. The van der Waals surface area contributed by atoms with Crippen molar-refractivity contribution in [1.82, 2.24) is 9.97 Å². The van der Waals surface area contributed by atoms with Gasteiger partial charge < -0.3 is 29.6 Å². The lowest BCUT2D eigenvalue weighted by Crippen LogP contribution is -2.35. The van der Waals surface area contributed by atoms with Crippen molar-refractivity contribution >= 4 is 68.0 Å². The monoisotopic (exact) mass is 609 g/mol. The van der Waals surface area contributed by atoms with Crippen molar-refractivity contribution in [1.29, 1.82) is 0 Å². The Labute approximate surface area is 250 Å². The fourth-order valence-electron chi connectivity index (χ4n) is 5.06. The second-order valence-electron chi connectivity index (χ2n) is 9.84. The van der Waals surface area contributed by atoms with E-state index in [9.17, 15) is 9.59 Å². The normalized spacial score (nSPS) is 16.2. The molecular formula is C29H28ClN5O6S. The zero-order chi connectivity index (χ0) is 29.4. The quantitative estimate of drug-likeness (QED) is 0.230. The predicted octanol–water partition coefficient (Wildman–Crippen LogP) is 6.55. The number of nitrogens with one attached hydrogen (secondary N) is 2. The van der Waals surface area contributed by atoms with E-state index in [0.717, 1.165) is 42.8 Å². The minimum absolute atomic E-state index is 0.0518. The summed E-state index contributed by atoms with van der Waals surface area (Å²) in [4.78, 5) is 37.9. The maximum atomic E-state index is 13.5. The Bertz CT molecular complexity index is 1690. The number of amides is 3. The molecule has 0 saturated carbocycles. The topological polar surface area (TPSA) is 124 Å². The molecule has 1 saturated heterocycles. The number of aromatic nitrogens is 2. The summed E-state index contributed by atoms with van der Waals surface area (Å²) in [7, 11) is 3.09. The van der Waals surface area contributed by atoms with Crippen LogP contribution in [-0.4, -0.2) is 55.4 Å². The number of methoxy groups -OCH3 is 2. The predicted molar refractivity (Wildman–Crippen MR) is 161 cm³/mol. The lowest BCUT2D eigenvalue weighted by atomic mass is 10.1. The second-order valence-corrected chi connectivity index (χ2v) is 11.2. The molecule has 1 atom stereocenters. The van der Waals surface area contributed by atoms with Gasteiger partial charge in [0, 0.05) is 24.4 Å². The van der Waals surface area contributed by atoms with Gasteiger partial charge in [-0.1, -0.05) is 11.6 Å². The van der Waals surface area contributed by atoms with E-state index in [-0.39, 0.29) is 11.0 Å². The molecule has 4 aromatic rings. The number of anilines is 4. The van der Waals surface area contributed by atoms with Crippen molar-refractivity contribution in [3.63, 3.8) is 0 Å². The van der Waals surface area contributed by atoms with Crippen LogP contribution in [-0.2, 0) is 4.74 Å². The van der Waals surface area contributed by atoms with Gasteiger partial charge in [-0.15, -0.1) is 11.3 Å². The Morgan fingerprint density at radius 3 is 2.76 bits per heavy atom. The summed E-state index contributed by atoms with van der Waals surface area (Å²) in [5, 5.41) is 6.62. The van der Waals surface area contributed by atoms with Gasteiger partial charge in [-0.25, -0.2) is 19.7 Å². The van der Waals surface area contributed by atoms with Crippen LogP contribution >= 0.6 is 22.9 Å². The highest BCUT2D eigenvalue weighted by molar-refractivity contribution is 7.21. The van der Waals surface area contributed by atoms with Gasteiger partial charge in [-0.3, -0.25) is 4.79 Å². The van der Waals surface area contributed by atoms with Crippen LogP contribution in [0.25, 0.3) is 10.2 Å². The first-order valence-corrected chi connectivity index (χ1v) is 14.5. The van der Waals surface area contributed by atoms with Crippen LogP contribution in [0.4, 0.5) is 27.7 Å². The van der Waals surface area contributed by atoms with Crippen molar-refractivity contribution in [2.75, 3.05) is 43.0 Å². The standard InChI is InChI=1S/C29H28ClN5O6S/c1-15-10-18(30)19(12-21(15)38-2)35-26-23-24(34-29(35)37)25(42-28(23)32-14-31-26)27(36)33-16-7-8-20(22(11-16)39-3)41-13-17-6-4-5-9-40-17/h7-8,10-12,14,17H,4-6,9,13H2,1-3H3,(H,33,36)(H,34,37). The molecule has 0 bridgehead atoms. The van der Waals surface area contributed by atoms with Crippen molar-refractivity contribution in [2.24, 2.45) is 0 Å². The molecule has 2 aliphatic heterocycles. The van der Waals surface area contributed by atoms with Gasteiger partial charge >= 0.3 is 6.03 Å². The third-order valence-corrected chi connectivity index (χ3v) is 8.55. The zero-order valence-electron chi connectivity index (χ0n) is 23.2. The van der Waals surface area contributed by atoms with Crippen LogP contribution in [0, 0.1) is 6.92 Å². The number of carbonyl (C=O) groups is 2. The van der Waals surface area contributed by atoms with Crippen LogP contribution in [0.5, 0.6) is 17.2 Å². The molecule has 3 amide bonds. The van der Waals surface area contributed by atoms with Gasteiger partial charge in [0.1, 0.15) is 28.4 Å². The number of halogens is 1. The van der Waals surface area contributed by atoms with E-state index in [1.807, 2.05) is 6.92 Å². The summed E-state index contributed by atoms with van der Waals surface area (Å²) >= 11 is 7.70. The molecule has 0 radical (unpaired) electrons. The fraction of sp³-hybridized carbons (Fsp3) is 0.310. The van der Waals surface area contributed by atoms with Crippen molar-refractivity contribution in [3.8, 4) is 17.2 Å². The summed E-state index contributed by atoms with van der Waals surface area (Å²) < 4.78 is 22.7. The molecular weight excluding hydrogens is 582 g/mol. The highest BCUT2D eigenvalue weighted by Gasteiger charge is 2.35. The fourth-order valence-corrected chi connectivity index (χ4v) is 6.35. The van der Waals surface area contributed by atoms with Crippen molar-refractivity contribution < 1.29 is 28.5 Å². The van der Waals surface area contributed by atoms with Crippen molar-refractivity contribution in [3.05, 3.63) is 52.1 Å². The molecule has 0 spiro atoms. The molecule has 2 aromatic heterocycles. The van der Waals surface area contributed by atoms with E-state index in [1.165, 1.54) is 11.2 Å². The Hall–Kier alpha value is -4.13. The number of hydrogen-bond acceptors (Lipinski definition) is 9.